The van der Waals surface area contributed by atoms with Crippen LogP contribution in [0.15, 0.2) is 18.2 Å². The number of hydrogen-bond donors (Lipinski definition) is 1. The van der Waals surface area contributed by atoms with E-state index in [0.717, 1.165) is 6.07 Å². The lowest BCUT2D eigenvalue weighted by atomic mass is 10.1. The van der Waals surface area contributed by atoms with Crippen LogP contribution >= 0.6 is 0 Å². The van der Waals surface area contributed by atoms with Crippen LogP contribution in [-0.4, -0.2) is 24.6 Å². The molecule has 0 spiro atoms. The molecule has 0 atom stereocenters. The second-order valence-corrected chi connectivity index (χ2v) is 2.94. The van der Waals surface area contributed by atoms with Gasteiger partial charge in [-0.15, -0.1) is 0 Å². The molecule has 0 fully saturated rings. The quantitative estimate of drug-likeness (QED) is 0.809. The van der Waals surface area contributed by atoms with Crippen LogP contribution in [0.25, 0.3) is 0 Å². The predicted octanol–water partition coefficient (Wildman–Crippen LogP) is 1.89. The Morgan fingerprint density at radius 2 is 2.06 bits per heavy atom. The first-order chi connectivity index (χ1) is 7.49. The molecule has 0 aromatic heterocycles. The topological polar surface area (TPSA) is 46.5 Å². The zero-order chi connectivity index (χ0) is 12.2. The molecule has 0 radical (unpaired) electrons. The molecular formula is C10H9F3O3. The number of benzene rings is 1. The monoisotopic (exact) mass is 234 g/mol. The minimum atomic E-state index is -4.59. The van der Waals surface area contributed by atoms with Gasteiger partial charge >= 0.3 is 6.18 Å². The van der Waals surface area contributed by atoms with Crippen molar-refractivity contribution in [3.63, 3.8) is 0 Å². The van der Waals surface area contributed by atoms with Gasteiger partial charge in [0.25, 0.3) is 0 Å². The summed E-state index contributed by atoms with van der Waals surface area (Å²) < 4.78 is 42.3. The molecule has 0 amide bonds. The normalized spacial score (nSPS) is 11.2. The minimum absolute atomic E-state index is 0.0799. The fourth-order valence-corrected chi connectivity index (χ4v) is 1.12. The molecule has 88 valence electrons. The summed E-state index contributed by atoms with van der Waals surface area (Å²) in [6.45, 7) is -0.615. The summed E-state index contributed by atoms with van der Waals surface area (Å²) in [7, 11) is 0. The Bertz CT molecular complexity index is 374. The second-order valence-electron chi connectivity index (χ2n) is 2.94. The van der Waals surface area contributed by atoms with Crippen LogP contribution in [0.2, 0.25) is 0 Å². The molecule has 0 aliphatic carbocycles. The van der Waals surface area contributed by atoms with Gasteiger partial charge in [0.1, 0.15) is 18.6 Å². The second kappa shape index (κ2) is 4.98. The van der Waals surface area contributed by atoms with Crippen LogP contribution < -0.4 is 4.74 Å². The molecule has 3 nitrogen and oxygen atoms in total. The van der Waals surface area contributed by atoms with Gasteiger partial charge in [0.15, 0.2) is 0 Å². The van der Waals surface area contributed by atoms with E-state index in [4.69, 9.17) is 9.84 Å². The smallest absolute Gasteiger partial charge is 0.419 e. The Morgan fingerprint density at radius 3 is 2.56 bits per heavy atom. The van der Waals surface area contributed by atoms with Gasteiger partial charge < -0.3 is 9.84 Å². The molecular weight excluding hydrogens is 225 g/mol. The third-order valence-corrected chi connectivity index (χ3v) is 1.79. The number of aliphatic hydroxyl groups is 1. The molecule has 0 saturated heterocycles. The maximum Gasteiger partial charge on any atom is 0.419 e. The fraction of sp³-hybridized carbons (Fsp3) is 0.300. The van der Waals surface area contributed by atoms with Crippen molar-refractivity contribution in [2.75, 3.05) is 13.2 Å². The van der Waals surface area contributed by atoms with Gasteiger partial charge in [-0.3, -0.25) is 4.79 Å². The number of aliphatic hydroxyl groups excluding tert-OH is 1. The molecule has 16 heavy (non-hydrogen) atoms. The van der Waals surface area contributed by atoms with Gasteiger partial charge in [-0.2, -0.15) is 13.2 Å². The van der Waals surface area contributed by atoms with Crippen molar-refractivity contribution in [3.05, 3.63) is 29.3 Å². The summed E-state index contributed by atoms with van der Waals surface area (Å²) in [5.41, 5.74) is -1.10. The van der Waals surface area contributed by atoms with Crippen LogP contribution in [0.1, 0.15) is 15.9 Å². The average molecular weight is 234 g/mol. The minimum Gasteiger partial charge on any atom is -0.491 e. The Kier molecular flexibility index (Phi) is 3.89. The lowest BCUT2D eigenvalue weighted by Gasteiger charge is -2.13. The number of aldehydes is 1. The Labute approximate surface area is 89.5 Å². The van der Waals surface area contributed by atoms with Gasteiger partial charge in [-0.05, 0) is 18.2 Å². The van der Waals surface area contributed by atoms with E-state index in [1.54, 1.807) is 0 Å². The highest BCUT2D eigenvalue weighted by atomic mass is 19.4. The first-order valence-electron chi connectivity index (χ1n) is 4.39. The highest BCUT2D eigenvalue weighted by Crippen LogP contribution is 2.36. The van der Waals surface area contributed by atoms with Crippen molar-refractivity contribution in [1.29, 1.82) is 0 Å². The van der Waals surface area contributed by atoms with Crippen LogP contribution in [0, 0.1) is 0 Å². The average Bonchev–Trinajstić information content (AvgIpc) is 2.25. The third kappa shape index (κ3) is 2.96. The van der Waals surface area contributed by atoms with Gasteiger partial charge in [0.2, 0.25) is 0 Å². The largest absolute Gasteiger partial charge is 0.491 e. The van der Waals surface area contributed by atoms with E-state index in [2.05, 4.69) is 0 Å². The summed E-state index contributed by atoms with van der Waals surface area (Å²) in [6, 6.07) is 2.98. The van der Waals surface area contributed by atoms with Gasteiger partial charge in [0, 0.05) is 5.56 Å². The summed E-state index contributed by atoms with van der Waals surface area (Å²) in [4.78, 5) is 10.4. The SMILES string of the molecule is O=Cc1ccc(OCCO)c(C(F)(F)F)c1. The molecule has 1 N–H and O–H groups in total. The molecule has 0 aliphatic heterocycles. The predicted molar refractivity (Wildman–Crippen MR) is 49.4 cm³/mol. The molecule has 1 aromatic carbocycles. The fourth-order valence-electron chi connectivity index (χ4n) is 1.12. The maximum absolute atomic E-state index is 12.5. The lowest BCUT2D eigenvalue weighted by molar-refractivity contribution is -0.139. The van der Waals surface area contributed by atoms with Crippen molar-refractivity contribution < 1.29 is 27.8 Å². The maximum atomic E-state index is 12.5. The van der Waals surface area contributed by atoms with Crippen LogP contribution in [0.3, 0.4) is 0 Å². The number of halogens is 3. The molecule has 1 aromatic rings. The number of rotatable bonds is 4. The first kappa shape index (κ1) is 12.5. The standard InChI is InChI=1S/C10H9F3O3/c11-10(12,13)8-5-7(6-15)1-2-9(8)16-4-3-14/h1-2,5-6,14H,3-4H2. The summed E-state index contributed by atoms with van der Waals surface area (Å²) >= 11 is 0. The zero-order valence-corrected chi connectivity index (χ0v) is 8.12. The van der Waals surface area contributed by atoms with Crippen LogP contribution in [0.4, 0.5) is 13.2 Å². The van der Waals surface area contributed by atoms with Crippen molar-refractivity contribution in [2.45, 2.75) is 6.18 Å². The summed E-state index contributed by atoms with van der Waals surface area (Å²) in [5.74, 6) is -0.396. The Hall–Kier alpha value is -1.56. The number of carbonyl (C=O) groups is 1. The van der Waals surface area contributed by atoms with Crippen molar-refractivity contribution >= 4 is 6.29 Å². The highest BCUT2D eigenvalue weighted by Gasteiger charge is 2.34. The third-order valence-electron chi connectivity index (χ3n) is 1.79. The summed E-state index contributed by atoms with van der Waals surface area (Å²) in [6.07, 6.45) is -4.27. The zero-order valence-electron chi connectivity index (χ0n) is 8.12. The van der Waals surface area contributed by atoms with E-state index < -0.39 is 17.5 Å². The van der Waals surface area contributed by atoms with Crippen molar-refractivity contribution in [1.82, 2.24) is 0 Å². The highest BCUT2D eigenvalue weighted by molar-refractivity contribution is 5.75. The van der Waals surface area contributed by atoms with E-state index in [9.17, 15) is 18.0 Å². The van der Waals surface area contributed by atoms with Crippen LogP contribution in [0.5, 0.6) is 5.75 Å². The number of hydrogen-bond acceptors (Lipinski definition) is 3. The molecule has 6 heteroatoms. The van der Waals surface area contributed by atoms with Crippen molar-refractivity contribution in [3.8, 4) is 5.75 Å². The van der Waals surface area contributed by atoms with Gasteiger partial charge in [0.05, 0.1) is 12.2 Å². The number of alkyl halides is 3. The van der Waals surface area contributed by atoms with E-state index in [-0.39, 0.29) is 18.8 Å². The lowest BCUT2D eigenvalue weighted by Crippen LogP contribution is -2.11. The molecule has 0 unspecified atom stereocenters. The summed E-state index contributed by atoms with van der Waals surface area (Å²) in [5, 5.41) is 8.46. The molecule has 1 rings (SSSR count). The van der Waals surface area contributed by atoms with E-state index in [1.807, 2.05) is 0 Å². The van der Waals surface area contributed by atoms with Crippen molar-refractivity contribution in [2.24, 2.45) is 0 Å². The van der Waals surface area contributed by atoms with Gasteiger partial charge in [-0.25, -0.2) is 0 Å². The Balaban J connectivity index is 3.11. The van der Waals surface area contributed by atoms with Crippen LogP contribution in [-0.2, 0) is 6.18 Å². The molecule has 0 aliphatic rings. The molecule has 0 bridgehead atoms. The van der Waals surface area contributed by atoms with E-state index in [1.165, 1.54) is 6.07 Å². The number of carbonyl (C=O) groups excluding carboxylic acids is 1. The van der Waals surface area contributed by atoms with Gasteiger partial charge in [-0.1, -0.05) is 0 Å². The first-order valence-corrected chi connectivity index (χ1v) is 4.39. The van der Waals surface area contributed by atoms with E-state index >= 15 is 0 Å². The number of ether oxygens (including phenoxy) is 1. The Morgan fingerprint density at radius 1 is 1.38 bits per heavy atom. The molecule has 0 heterocycles. The van der Waals surface area contributed by atoms with E-state index in [0.29, 0.717) is 12.4 Å². The molecule has 0 saturated carbocycles.